The number of nitrogens with one attached hydrogen (secondary N) is 2. The number of halogens is 1. The van der Waals surface area contributed by atoms with Gasteiger partial charge in [-0.25, -0.2) is 4.98 Å². The number of nitrogens with zero attached hydrogens (tertiary/aromatic N) is 2. The van der Waals surface area contributed by atoms with E-state index in [0.29, 0.717) is 0 Å². The van der Waals surface area contributed by atoms with Gasteiger partial charge in [0.25, 0.3) is 0 Å². The van der Waals surface area contributed by atoms with Gasteiger partial charge in [0.15, 0.2) is 5.96 Å². The smallest absolute Gasteiger partial charge is 0.191 e. The second-order valence-electron chi connectivity index (χ2n) is 5.67. The second-order valence-corrected chi connectivity index (χ2v) is 6.87. The van der Waals surface area contributed by atoms with Crippen LogP contribution >= 0.6 is 35.3 Å². The van der Waals surface area contributed by atoms with Gasteiger partial charge in [-0.3, -0.25) is 4.99 Å². The fourth-order valence-corrected chi connectivity index (χ4v) is 3.26. The lowest BCUT2D eigenvalue weighted by Gasteiger charge is -2.11. The van der Waals surface area contributed by atoms with Gasteiger partial charge in [0.05, 0.1) is 5.01 Å². The molecular formula is C19H29IN4S. The molecule has 0 amide bonds. The van der Waals surface area contributed by atoms with Gasteiger partial charge >= 0.3 is 0 Å². The monoisotopic (exact) mass is 472 g/mol. The zero-order valence-electron chi connectivity index (χ0n) is 15.3. The summed E-state index contributed by atoms with van der Waals surface area (Å²) in [6.07, 6.45) is 6.07. The average molecular weight is 472 g/mol. The van der Waals surface area contributed by atoms with Crippen molar-refractivity contribution < 1.29 is 0 Å². The molecule has 1 aromatic heterocycles. The molecule has 6 heteroatoms. The van der Waals surface area contributed by atoms with E-state index < -0.39 is 0 Å². The number of aromatic nitrogens is 1. The molecule has 2 N–H and O–H groups in total. The van der Waals surface area contributed by atoms with Gasteiger partial charge in [0, 0.05) is 37.6 Å². The Kier molecular flexibility index (Phi) is 10.7. The van der Waals surface area contributed by atoms with Crippen LogP contribution < -0.4 is 10.6 Å². The normalized spacial score (nSPS) is 11.1. The molecule has 2 rings (SSSR count). The molecule has 138 valence electrons. The first kappa shape index (κ1) is 21.9. The van der Waals surface area contributed by atoms with E-state index in [-0.39, 0.29) is 24.0 Å². The van der Waals surface area contributed by atoms with Crippen molar-refractivity contribution >= 4 is 41.3 Å². The predicted molar refractivity (Wildman–Crippen MR) is 119 cm³/mol. The Bertz CT molecular complexity index is 637. The van der Waals surface area contributed by atoms with Gasteiger partial charge in [-0.2, -0.15) is 0 Å². The number of rotatable bonds is 8. The van der Waals surface area contributed by atoms with Crippen molar-refractivity contribution in [3.8, 4) is 0 Å². The highest BCUT2D eigenvalue weighted by Crippen LogP contribution is 2.13. The highest BCUT2D eigenvalue weighted by atomic mass is 127. The van der Waals surface area contributed by atoms with Crippen LogP contribution in [-0.2, 0) is 25.7 Å². The first-order chi connectivity index (χ1) is 11.7. The molecule has 0 saturated carbocycles. The summed E-state index contributed by atoms with van der Waals surface area (Å²) in [5, 5.41) is 7.91. The first-order valence-electron chi connectivity index (χ1n) is 8.71. The lowest BCUT2D eigenvalue weighted by Crippen LogP contribution is -2.39. The summed E-state index contributed by atoms with van der Waals surface area (Å²) < 4.78 is 0. The number of thiazole rings is 1. The maximum atomic E-state index is 4.44. The number of guanidine groups is 1. The van der Waals surface area contributed by atoms with Crippen LogP contribution in [0.25, 0.3) is 0 Å². The third-order valence-electron chi connectivity index (χ3n) is 3.94. The van der Waals surface area contributed by atoms with Crippen molar-refractivity contribution in [2.24, 2.45) is 4.99 Å². The van der Waals surface area contributed by atoms with Crippen LogP contribution in [0.4, 0.5) is 0 Å². The molecule has 4 nitrogen and oxygen atoms in total. The molecule has 0 bridgehead atoms. The molecule has 0 unspecified atom stereocenters. The van der Waals surface area contributed by atoms with E-state index >= 15 is 0 Å². The number of aryl methyl sites for hydroxylation is 2. The molecule has 0 aliphatic rings. The Labute approximate surface area is 172 Å². The maximum absolute atomic E-state index is 4.44. The number of hydrogen-bond acceptors (Lipinski definition) is 3. The van der Waals surface area contributed by atoms with Gasteiger partial charge in [-0.15, -0.1) is 35.3 Å². The molecule has 0 saturated heterocycles. The summed E-state index contributed by atoms with van der Waals surface area (Å²) in [6.45, 7) is 6.07. The van der Waals surface area contributed by atoms with E-state index in [0.717, 1.165) is 44.7 Å². The molecule has 0 spiro atoms. The summed E-state index contributed by atoms with van der Waals surface area (Å²) in [7, 11) is 1.81. The van der Waals surface area contributed by atoms with E-state index in [2.05, 4.69) is 58.7 Å². The van der Waals surface area contributed by atoms with Gasteiger partial charge in [-0.05, 0) is 30.4 Å². The van der Waals surface area contributed by atoms with Crippen LogP contribution in [0.1, 0.15) is 34.9 Å². The fraction of sp³-hybridized carbons (Fsp3) is 0.474. The Morgan fingerprint density at radius 1 is 1.00 bits per heavy atom. The number of benzene rings is 1. The minimum Gasteiger partial charge on any atom is -0.356 e. The van der Waals surface area contributed by atoms with Gasteiger partial charge < -0.3 is 10.6 Å². The van der Waals surface area contributed by atoms with Crippen LogP contribution in [0.15, 0.2) is 35.5 Å². The number of hydrogen-bond donors (Lipinski definition) is 2. The van der Waals surface area contributed by atoms with Gasteiger partial charge in [0.2, 0.25) is 0 Å². The molecule has 1 aromatic carbocycles. The summed E-state index contributed by atoms with van der Waals surface area (Å²) >= 11 is 1.80. The van der Waals surface area contributed by atoms with Crippen LogP contribution in [-0.4, -0.2) is 31.1 Å². The van der Waals surface area contributed by atoms with Crippen molar-refractivity contribution in [1.82, 2.24) is 15.6 Å². The molecular weight excluding hydrogens is 443 g/mol. The first-order valence-corrected chi connectivity index (χ1v) is 9.52. The predicted octanol–water partition coefficient (Wildman–Crippen LogP) is 3.84. The quantitative estimate of drug-likeness (QED) is 0.349. The van der Waals surface area contributed by atoms with E-state index in [1.165, 1.54) is 21.0 Å². The lowest BCUT2D eigenvalue weighted by atomic mass is 10.1. The zero-order valence-corrected chi connectivity index (χ0v) is 18.5. The Balaban J connectivity index is 0.00000312. The molecule has 1 heterocycles. The summed E-state index contributed by atoms with van der Waals surface area (Å²) in [5.74, 6) is 0.854. The Morgan fingerprint density at radius 3 is 2.20 bits per heavy atom. The third-order valence-corrected chi connectivity index (χ3v) is 5.14. The summed E-state index contributed by atoms with van der Waals surface area (Å²) in [5.41, 5.74) is 2.74. The molecule has 25 heavy (non-hydrogen) atoms. The fourth-order valence-electron chi connectivity index (χ4n) is 2.40. The van der Waals surface area contributed by atoms with E-state index in [1.54, 1.807) is 11.3 Å². The summed E-state index contributed by atoms with van der Waals surface area (Å²) in [6, 6.07) is 8.84. The molecule has 0 aliphatic carbocycles. The van der Waals surface area contributed by atoms with Crippen LogP contribution in [0.3, 0.4) is 0 Å². The second kappa shape index (κ2) is 12.2. The third kappa shape index (κ3) is 7.73. The van der Waals surface area contributed by atoms with Crippen molar-refractivity contribution in [3.05, 3.63) is 51.5 Å². The van der Waals surface area contributed by atoms with Crippen molar-refractivity contribution in [2.75, 3.05) is 20.1 Å². The van der Waals surface area contributed by atoms with Crippen LogP contribution in [0.2, 0.25) is 0 Å². The maximum Gasteiger partial charge on any atom is 0.191 e. The molecule has 0 atom stereocenters. The van der Waals surface area contributed by atoms with Gasteiger partial charge in [-0.1, -0.05) is 38.1 Å². The molecule has 0 fully saturated rings. The van der Waals surface area contributed by atoms with E-state index in [4.69, 9.17) is 0 Å². The zero-order chi connectivity index (χ0) is 17.2. The van der Waals surface area contributed by atoms with Crippen LogP contribution in [0.5, 0.6) is 0 Å². The molecule has 0 aliphatic heterocycles. The van der Waals surface area contributed by atoms with Crippen molar-refractivity contribution in [1.29, 1.82) is 0 Å². The lowest BCUT2D eigenvalue weighted by molar-refractivity contribution is 0.782. The Morgan fingerprint density at radius 2 is 1.64 bits per heavy atom. The highest BCUT2D eigenvalue weighted by Gasteiger charge is 2.02. The SMILES string of the molecule is CCc1ccc(CCNC(=NC)NCCc2ncc(CC)s2)cc1.I. The highest BCUT2D eigenvalue weighted by molar-refractivity contribution is 14.0. The van der Waals surface area contributed by atoms with E-state index in [9.17, 15) is 0 Å². The minimum atomic E-state index is 0. The van der Waals surface area contributed by atoms with E-state index in [1.807, 2.05) is 13.2 Å². The largest absolute Gasteiger partial charge is 0.356 e. The molecule has 2 aromatic rings. The van der Waals surface area contributed by atoms with Gasteiger partial charge in [0.1, 0.15) is 0 Å². The minimum absolute atomic E-state index is 0. The summed E-state index contributed by atoms with van der Waals surface area (Å²) in [4.78, 5) is 10.1. The van der Waals surface area contributed by atoms with Crippen molar-refractivity contribution in [3.63, 3.8) is 0 Å². The standard InChI is InChI=1S/C19H28N4S.HI/c1-4-15-6-8-16(9-7-15)10-12-21-19(20-3)22-13-11-18-23-14-17(5-2)24-18;/h6-9,14H,4-5,10-13H2,1-3H3,(H2,20,21,22);1H. The number of aliphatic imine (C=N–C) groups is 1. The van der Waals surface area contributed by atoms with Crippen molar-refractivity contribution in [2.45, 2.75) is 39.5 Å². The average Bonchev–Trinajstić information content (AvgIpc) is 3.09. The van der Waals surface area contributed by atoms with Crippen LogP contribution in [0, 0.1) is 0 Å². The molecule has 0 radical (unpaired) electrons. The Hall–Kier alpha value is -1.15. The topological polar surface area (TPSA) is 49.3 Å².